The van der Waals surface area contributed by atoms with E-state index in [9.17, 15) is 60.0 Å². The molecule has 0 heterocycles. The van der Waals surface area contributed by atoms with E-state index in [-0.39, 0.29) is 116 Å². The number of hydrogen-bond donors (Lipinski definition) is 8. The molecule has 0 aromatic heterocycles. The standard InChI is InChI=1S/C54H58N4O12.2Na/c1-25(2)39-33-19-27(5)41(47(61)43(33)35(45(59)49(39)63)23-55-29(7)51(65)57-37(53(67)68)21-31-15-11-9-12-16-31)42-28(6)20-34-40(26(3)4)50(64)46(60)36(44(34)48(42)62)24-56-30(8)52(66)58-38(54(69)70)22-32-17-13-10-14-18-32;;/h9-20,23-26,29-30,37-38,59-64H,21-22H2,1-8H3,(H,57,65)(H,58,66)(H,67,68)(H,69,70);;/q;2*+1/p-2. The minimum absolute atomic E-state index is 0. The molecule has 6 rings (SSSR count). The predicted molar refractivity (Wildman–Crippen MR) is 263 cm³/mol. The Morgan fingerprint density at radius 2 is 0.847 bits per heavy atom. The molecule has 0 aliphatic rings. The van der Waals surface area contributed by atoms with Gasteiger partial charge in [0.1, 0.15) is 23.6 Å². The minimum Gasteiger partial charge on any atom is -0.548 e. The number of carbonyl (C=O) groups is 4. The Morgan fingerprint density at radius 3 is 1.14 bits per heavy atom. The van der Waals surface area contributed by atoms with Gasteiger partial charge in [-0.05, 0) is 85.4 Å². The van der Waals surface area contributed by atoms with E-state index in [4.69, 9.17) is 0 Å². The molecule has 0 spiro atoms. The third-order valence-corrected chi connectivity index (χ3v) is 12.4. The number of carboxylic acids is 2. The molecule has 366 valence electrons. The van der Waals surface area contributed by atoms with E-state index in [1.165, 1.54) is 13.8 Å². The first kappa shape index (κ1) is 58.4. The van der Waals surface area contributed by atoms with Crippen molar-refractivity contribution < 1.29 is 119 Å². The van der Waals surface area contributed by atoms with Gasteiger partial charge in [0.25, 0.3) is 0 Å². The number of carbonyl (C=O) groups excluding carboxylic acids is 4. The largest absolute Gasteiger partial charge is 1.00 e. The normalized spacial score (nSPS) is 13.2. The fraction of sp³-hybridized carbons (Fsp3) is 0.296. The summed E-state index contributed by atoms with van der Waals surface area (Å²) in [5.41, 5.74) is 2.30. The molecule has 0 saturated heterocycles. The average molecular weight is 999 g/mol. The Labute approximate surface area is 461 Å². The van der Waals surface area contributed by atoms with E-state index < -0.39 is 94.3 Å². The van der Waals surface area contributed by atoms with Crippen LogP contribution in [0, 0.1) is 13.8 Å². The molecule has 6 aromatic rings. The summed E-state index contributed by atoms with van der Waals surface area (Å²) in [5, 5.41) is 101. The van der Waals surface area contributed by atoms with E-state index in [1.807, 2.05) is 0 Å². The number of phenolic OH excluding ortho intramolecular Hbond substituents is 6. The summed E-state index contributed by atoms with van der Waals surface area (Å²) in [5.74, 6) is -8.78. The number of fused-ring (bicyclic) bond motifs is 2. The molecular formula is C54H56N4Na2O12. The van der Waals surface area contributed by atoms with E-state index in [1.54, 1.807) is 114 Å². The fourth-order valence-electron chi connectivity index (χ4n) is 8.80. The number of rotatable bonds is 17. The van der Waals surface area contributed by atoms with Gasteiger partial charge in [-0.1, -0.05) is 100 Å². The molecule has 0 bridgehead atoms. The van der Waals surface area contributed by atoms with Gasteiger partial charge in [0.05, 0.1) is 24.0 Å². The van der Waals surface area contributed by atoms with Gasteiger partial charge in [-0.2, -0.15) is 0 Å². The van der Waals surface area contributed by atoms with Gasteiger partial charge in [-0.25, -0.2) is 0 Å². The van der Waals surface area contributed by atoms with Crippen LogP contribution in [-0.4, -0.2) is 91.0 Å². The van der Waals surface area contributed by atoms with Crippen LogP contribution in [0.25, 0.3) is 32.7 Å². The third-order valence-electron chi connectivity index (χ3n) is 12.4. The second-order valence-electron chi connectivity index (χ2n) is 18.1. The summed E-state index contributed by atoms with van der Waals surface area (Å²) in [7, 11) is 0. The zero-order valence-electron chi connectivity index (χ0n) is 42.0. The Kier molecular flexibility index (Phi) is 19.9. The number of hydrogen-bond acceptors (Lipinski definition) is 14. The van der Waals surface area contributed by atoms with Crippen molar-refractivity contribution in [1.29, 1.82) is 0 Å². The van der Waals surface area contributed by atoms with Gasteiger partial charge in [0, 0.05) is 56.6 Å². The molecule has 18 heteroatoms. The summed E-state index contributed by atoms with van der Waals surface area (Å²) in [6.45, 7) is 13.2. The van der Waals surface area contributed by atoms with Crippen molar-refractivity contribution in [3.05, 3.63) is 117 Å². The van der Waals surface area contributed by atoms with Gasteiger partial charge in [0.2, 0.25) is 11.8 Å². The van der Waals surface area contributed by atoms with E-state index in [2.05, 4.69) is 20.6 Å². The van der Waals surface area contributed by atoms with Gasteiger partial charge < -0.3 is 61.1 Å². The summed E-state index contributed by atoms with van der Waals surface area (Å²) < 4.78 is 0. The SMILES string of the molecule is Cc1cc2c(C(C)C)c(O)c(O)c(C=NC(C)C(=O)NC(Cc3ccccc3)C(=O)[O-])c2c(O)c1-c1c(C)cc2c(C(C)C)c(O)c(O)c(C=NC(C)C(=O)NC(Cc3ccccc3)C(=O)[O-])c2c1O.[Na+].[Na+]. The zero-order chi connectivity index (χ0) is 51.5. The van der Waals surface area contributed by atoms with Crippen LogP contribution in [0.2, 0.25) is 0 Å². The Balaban J connectivity index is 0.00000562. The number of phenols is 6. The Bertz CT molecular complexity index is 2880. The minimum atomic E-state index is -1.51. The Hall–Kier alpha value is -6.14. The summed E-state index contributed by atoms with van der Waals surface area (Å²) in [4.78, 5) is 59.4. The summed E-state index contributed by atoms with van der Waals surface area (Å²) >= 11 is 0. The van der Waals surface area contributed by atoms with Crippen molar-refractivity contribution in [2.24, 2.45) is 9.98 Å². The topological polar surface area (TPSA) is 285 Å². The monoisotopic (exact) mass is 998 g/mol. The molecule has 72 heavy (non-hydrogen) atoms. The first-order chi connectivity index (χ1) is 33.0. The molecular weight excluding hydrogens is 943 g/mol. The number of aliphatic imine (C=N–C) groups is 2. The number of carboxylic acid groups (broad SMARTS) is 2. The quantitative estimate of drug-likeness (QED) is 0.0321. The maximum absolute atomic E-state index is 13.4. The van der Waals surface area contributed by atoms with Crippen molar-refractivity contribution in [1.82, 2.24) is 10.6 Å². The van der Waals surface area contributed by atoms with Gasteiger partial charge in [-0.15, -0.1) is 0 Å². The molecule has 4 unspecified atom stereocenters. The van der Waals surface area contributed by atoms with E-state index >= 15 is 0 Å². The van der Waals surface area contributed by atoms with Crippen LogP contribution in [0.1, 0.15) is 97.9 Å². The molecule has 0 fully saturated rings. The summed E-state index contributed by atoms with van der Waals surface area (Å²) in [6, 6.07) is 15.2. The van der Waals surface area contributed by atoms with Crippen molar-refractivity contribution in [3.8, 4) is 45.6 Å². The summed E-state index contributed by atoms with van der Waals surface area (Å²) in [6.07, 6.45) is 2.04. The number of nitrogens with zero attached hydrogens (tertiary/aromatic N) is 2. The van der Waals surface area contributed by atoms with Crippen LogP contribution in [0.4, 0.5) is 0 Å². The van der Waals surface area contributed by atoms with Gasteiger partial charge in [-0.3, -0.25) is 19.6 Å². The molecule has 16 nitrogen and oxygen atoms in total. The van der Waals surface area contributed by atoms with Crippen LogP contribution in [0.15, 0.2) is 82.8 Å². The second-order valence-corrected chi connectivity index (χ2v) is 18.1. The van der Waals surface area contributed by atoms with Crippen LogP contribution in [0.5, 0.6) is 34.5 Å². The second kappa shape index (κ2) is 24.5. The number of aliphatic carboxylic acids is 2. The van der Waals surface area contributed by atoms with Crippen molar-refractivity contribution in [2.45, 2.75) is 104 Å². The molecule has 8 N–H and O–H groups in total. The van der Waals surface area contributed by atoms with Gasteiger partial charge >= 0.3 is 59.1 Å². The smallest absolute Gasteiger partial charge is 0.548 e. The van der Waals surface area contributed by atoms with Crippen LogP contribution in [0.3, 0.4) is 0 Å². The molecule has 0 aliphatic heterocycles. The van der Waals surface area contributed by atoms with Crippen LogP contribution < -0.4 is 80.0 Å². The Morgan fingerprint density at radius 1 is 0.528 bits per heavy atom. The number of amides is 2. The number of aromatic hydroxyl groups is 6. The van der Waals surface area contributed by atoms with E-state index in [0.29, 0.717) is 33.0 Å². The number of benzene rings is 6. The number of aryl methyl sites for hydroxylation is 2. The first-order valence-corrected chi connectivity index (χ1v) is 22.7. The fourth-order valence-corrected chi connectivity index (χ4v) is 8.80. The number of nitrogens with one attached hydrogen (secondary N) is 2. The molecule has 4 atom stereocenters. The van der Waals surface area contributed by atoms with Crippen LogP contribution >= 0.6 is 0 Å². The molecule has 0 aliphatic carbocycles. The molecule has 0 saturated carbocycles. The van der Waals surface area contributed by atoms with Crippen molar-refractivity contribution >= 4 is 57.7 Å². The third kappa shape index (κ3) is 12.2. The van der Waals surface area contributed by atoms with Gasteiger partial charge in [0.15, 0.2) is 23.0 Å². The maximum atomic E-state index is 13.4. The maximum Gasteiger partial charge on any atom is 1.00 e. The van der Waals surface area contributed by atoms with Crippen molar-refractivity contribution in [2.75, 3.05) is 0 Å². The van der Waals surface area contributed by atoms with Crippen molar-refractivity contribution in [3.63, 3.8) is 0 Å². The predicted octanol–water partition coefficient (Wildman–Crippen LogP) is -0.665. The first-order valence-electron chi connectivity index (χ1n) is 22.7. The average Bonchev–Trinajstić information content (AvgIpc) is 3.30. The van der Waals surface area contributed by atoms with E-state index in [0.717, 1.165) is 12.4 Å². The molecule has 2 amide bonds. The molecule has 6 aromatic carbocycles. The van der Waals surface area contributed by atoms with Crippen LogP contribution in [-0.2, 0) is 32.0 Å². The zero-order valence-corrected chi connectivity index (χ0v) is 46.0. The molecule has 0 radical (unpaired) electrons.